The van der Waals surface area contributed by atoms with E-state index in [1.165, 1.54) is 21.5 Å². The summed E-state index contributed by atoms with van der Waals surface area (Å²) in [5.41, 5.74) is 7.12. The van der Waals surface area contributed by atoms with Gasteiger partial charge in [0.05, 0.1) is 11.4 Å². The maximum Gasteiger partial charge on any atom is 0.164 e. The molecule has 0 saturated carbocycles. The van der Waals surface area contributed by atoms with Crippen LogP contribution in [0.5, 0.6) is 0 Å². The Morgan fingerprint density at radius 2 is 1.10 bits per heavy atom. The molecule has 0 saturated heterocycles. The van der Waals surface area contributed by atoms with Gasteiger partial charge in [0.1, 0.15) is 11.3 Å². The highest BCUT2D eigenvalue weighted by Crippen LogP contribution is 2.42. The molecule has 4 nitrogen and oxygen atoms in total. The number of fused-ring (bicyclic) bond motifs is 3. The number of rotatable bonds is 5. The number of imidazole rings is 1. The minimum atomic E-state index is 0.843. The Balaban J connectivity index is 1.33. The molecule has 2 heterocycles. The molecule has 0 aliphatic heterocycles. The van der Waals surface area contributed by atoms with Crippen molar-refractivity contribution in [3.05, 3.63) is 158 Å². The van der Waals surface area contributed by atoms with Gasteiger partial charge in [-0.25, -0.2) is 9.97 Å². The smallest absolute Gasteiger partial charge is 0.164 e. The number of pyridine rings is 1. The predicted molar refractivity (Wildman–Crippen MR) is 174 cm³/mol. The Morgan fingerprint density at radius 1 is 0.500 bits per heavy atom. The van der Waals surface area contributed by atoms with Gasteiger partial charge in [-0.05, 0) is 71.4 Å². The van der Waals surface area contributed by atoms with E-state index >= 15 is 0 Å². The molecule has 4 heteroatoms. The number of anilines is 3. The summed E-state index contributed by atoms with van der Waals surface area (Å²) in [4.78, 5) is 12.1. The van der Waals surface area contributed by atoms with Crippen molar-refractivity contribution < 1.29 is 0 Å². The summed E-state index contributed by atoms with van der Waals surface area (Å²) in [5, 5.41) is 4.82. The Bertz CT molecular complexity index is 2110. The minimum Gasteiger partial charge on any atom is -0.309 e. The van der Waals surface area contributed by atoms with Crippen molar-refractivity contribution >= 4 is 49.8 Å². The van der Waals surface area contributed by atoms with Crippen molar-refractivity contribution in [3.63, 3.8) is 0 Å². The highest BCUT2D eigenvalue weighted by atomic mass is 15.2. The molecule has 0 unspecified atom stereocenters. The monoisotopic (exact) mass is 538 g/mol. The number of para-hydroxylation sites is 1. The number of hydrogen-bond acceptors (Lipinski definition) is 3. The van der Waals surface area contributed by atoms with Crippen molar-refractivity contribution in [3.8, 4) is 17.1 Å². The van der Waals surface area contributed by atoms with Crippen molar-refractivity contribution in [2.45, 2.75) is 0 Å². The zero-order valence-corrected chi connectivity index (χ0v) is 22.8. The molecule has 0 aliphatic carbocycles. The van der Waals surface area contributed by atoms with Crippen LogP contribution in [0.4, 0.5) is 17.1 Å². The van der Waals surface area contributed by atoms with Crippen molar-refractivity contribution in [1.82, 2.24) is 14.5 Å². The van der Waals surface area contributed by atoms with Crippen LogP contribution in [-0.2, 0) is 0 Å². The molecule has 0 amide bonds. The first-order chi connectivity index (χ1) is 20.8. The van der Waals surface area contributed by atoms with Crippen LogP contribution in [0.2, 0.25) is 0 Å². The van der Waals surface area contributed by atoms with Crippen LogP contribution in [0.15, 0.2) is 158 Å². The lowest BCUT2D eigenvalue weighted by Gasteiger charge is -2.28. The first-order valence-electron chi connectivity index (χ1n) is 14.1. The van der Waals surface area contributed by atoms with Crippen LogP contribution in [0, 0.1) is 0 Å². The van der Waals surface area contributed by atoms with E-state index in [0.717, 1.165) is 45.3 Å². The van der Waals surface area contributed by atoms with Gasteiger partial charge in [0, 0.05) is 33.9 Å². The molecular formula is C38H26N4. The minimum absolute atomic E-state index is 0.843. The van der Waals surface area contributed by atoms with E-state index in [1.54, 1.807) is 0 Å². The SMILES string of the molecule is c1ccc(-n2c(-c3ccc(N(c4cccc5ccccc45)c4cccc5ccccc45)cc3)nc3cccnc32)cc1. The van der Waals surface area contributed by atoms with Crippen LogP contribution in [0.3, 0.4) is 0 Å². The van der Waals surface area contributed by atoms with E-state index in [4.69, 9.17) is 4.98 Å². The van der Waals surface area contributed by atoms with E-state index in [9.17, 15) is 0 Å². The normalized spacial score (nSPS) is 11.3. The third kappa shape index (κ3) is 4.01. The van der Waals surface area contributed by atoms with E-state index in [0.29, 0.717) is 0 Å². The first-order valence-corrected chi connectivity index (χ1v) is 14.1. The molecule has 198 valence electrons. The molecule has 0 radical (unpaired) electrons. The standard InChI is InChI=1S/C38H26N4/c1-2-15-30(16-3-1)42-37(40-34-19-10-26-39-38(34)42)29-22-24-31(25-23-29)41(35-20-8-13-27-11-4-6-17-32(27)35)36-21-9-14-28-12-5-7-18-33(28)36/h1-26H. The third-order valence-electron chi connectivity index (χ3n) is 7.83. The molecular weight excluding hydrogens is 512 g/mol. The van der Waals surface area contributed by atoms with Crippen LogP contribution in [0.1, 0.15) is 0 Å². The van der Waals surface area contributed by atoms with Gasteiger partial charge < -0.3 is 4.90 Å². The Kier molecular flexibility index (Phi) is 5.75. The second kappa shape index (κ2) is 10.0. The Labute approximate surface area is 243 Å². The molecule has 8 rings (SSSR count). The van der Waals surface area contributed by atoms with Gasteiger partial charge >= 0.3 is 0 Å². The summed E-state index contributed by atoms with van der Waals surface area (Å²) >= 11 is 0. The van der Waals surface area contributed by atoms with Gasteiger partial charge in [-0.2, -0.15) is 0 Å². The number of nitrogens with zero attached hydrogens (tertiary/aromatic N) is 4. The fourth-order valence-corrected chi connectivity index (χ4v) is 5.90. The van der Waals surface area contributed by atoms with Gasteiger partial charge in [-0.15, -0.1) is 0 Å². The lowest BCUT2D eigenvalue weighted by molar-refractivity contribution is 1.08. The lowest BCUT2D eigenvalue weighted by atomic mass is 10.0. The van der Waals surface area contributed by atoms with Crippen molar-refractivity contribution in [2.24, 2.45) is 0 Å². The van der Waals surface area contributed by atoms with Crippen LogP contribution in [-0.4, -0.2) is 14.5 Å². The predicted octanol–water partition coefficient (Wildman–Crippen LogP) is 9.86. The average molecular weight is 539 g/mol. The maximum atomic E-state index is 5.02. The topological polar surface area (TPSA) is 34.0 Å². The van der Waals surface area contributed by atoms with Gasteiger partial charge in [-0.1, -0.05) is 91.0 Å². The molecule has 6 aromatic carbocycles. The average Bonchev–Trinajstić information content (AvgIpc) is 3.46. The zero-order chi connectivity index (χ0) is 27.9. The number of aromatic nitrogens is 3. The molecule has 8 aromatic rings. The van der Waals surface area contributed by atoms with Gasteiger partial charge in [0.2, 0.25) is 0 Å². The quantitative estimate of drug-likeness (QED) is 0.219. The van der Waals surface area contributed by atoms with Gasteiger partial charge in [0.25, 0.3) is 0 Å². The Morgan fingerprint density at radius 3 is 1.76 bits per heavy atom. The fourth-order valence-electron chi connectivity index (χ4n) is 5.90. The highest BCUT2D eigenvalue weighted by Gasteiger charge is 2.19. The summed E-state index contributed by atoms with van der Waals surface area (Å²) < 4.78 is 2.14. The fraction of sp³-hybridized carbons (Fsp3) is 0. The van der Waals surface area contributed by atoms with Crippen LogP contribution < -0.4 is 4.90 Å². The van der Waals surface area contributed by atoms with Crippen molar-refractivity contribution in [1.29, 1.82) is 0 Å². The second-order valence-corrected chi connectivity index (χ2v) is 10.3. The first kappa shape index (κ1) is 24.1. The van der Waals surface area contributed by atoms with E-state index in [2.05, 4.69) is 136 Å². The summed E-state index contributed by atoms with van der Waals surface area (Å²) in [6.07, 6.45) is 1.82. The molecule has 0 atom stereocenters. The molecule has 0 bridgehead atoms. The maximum absolute atomic E-state index is 5.02. The molecule has 0 N–H and O–H groups in total. The molecule has 0 aliphatic rings. The molecule has 0 spiro atoms. The van der Waals surface area contributed by atoms with Gasteiger partial charge in [0.15, 0.2) is 5.65 Å². The molecule has 42 heavy (non-hydrogen) atoms. The number of hydrogen-bond donors (Lipinski definition) is 0. The summed E-state index contributed by atoms with van der Waals surface area (Å²) in [6.45, 7) is 0. The van der Waals surface area contributed by atoms with Crippen LogP contribution >= 0.6 is 0 Å². The van der Waals surface area contributed by atoms with Crippen molar-refractivity contribution in [2.75, 3.05) is 4.90 Å². The van der Waals surface area contributed by atoms with E-state index in [-0.39, 0.29) is 0 Å². The summed E-state index contributed by atoms with van der Waals surface area (Å²) in [5.74, 6) is 0.864. The largest absolute Gasteiger partial charge is 0.309 e. The van der Waals surface area contributed by atoms with E-state index < -0.39 is 0 Å². The second-order valence-electron chi connectivity index (χ2n) is 10.3. The summed E-state index contributed by atoms with van der Waals surface area (Å²) in [7, 11) is 0. The highest BCUT2D eigenvalue weighted by molar-refractivity contribution is 6.04. The third-order valence-corrected chi connectivity index (χ3v) is 7.83. The Hall–Kier alpha value is -5.74. The molecule has 0 fully saturated rings. The zero-order valence-electron chi connectivity index (χ0n) is 22.8. The molecule has 2 aromatic heterocycles. The number of benzene rings is 6. The lowest BCUT2D eigenvalue weighted by Crippen LogP contribution is -2.11. The van der Waals surface area contributed by atoms with Crippen LogP contribution in [0.25, 0.3) is 49.8 Å². The summed E-state index contributed by atoms with van der Waals surface area (Å²) in [6, 6.07) is 53.2. The van der Waals surface area contributed by atoms with E-state index in [1.807, 2.05) is 36.5 Å². The van der Waals surface area contributed by atoms with Gasteiger partial charge in [-0.3, -0.25) is 4.57 Å².